The summed E-state index contributed by atoms with van der Waals surface area (Å²) < 4.78 is 4.89. The number of ether oxygens (including phenoxy) is 1. The summed E-state index contributed by atoms with van der Waals surface area (Å²) >= 11 is 1.37. The van der Waals surface area contributed by atoms with Gasteiger partial charge in [-0.2, -0.15) is 0 Å². The molecule has 1 unspecified atom stereocenters. The molecule has 3 N–H and O–H groups in total. The van der Waals surface area contributed by atoms with Crippen LogP contribution in [0.5, 0.6) is 5.19 Å². The Bertz CT molecular complexity index is 239. The zero-order valence-corrected chi connectivity index (χ0v) is 7.67. The predicted octanol–water partition coefficient (Wildman–Crippen LogP) is 0.534. The Labute approximate surface area is 75.0 Å². The van der Waals surface area contributed by atoms with Crippen LogP contribution < -0.4 is 10.5 Å². The first kappa shape index (κ1) is 9.44. The summed E-state index contributed by atoms with van der Waals surface area (Å²) in [6.07, 6.45) is -0.0254. The molecule has 0 saturated carbocycles. The van der Waals surface area contributed by atoms with Gasteiger partial charge in [0.2, 0.25) is 0 Å². The number of aromatic nitrogens is 1. The van der Waals surface area contributed by atoms with Crippen LogP contribution in [-0.2, 0) is 0 Å². The predicted molar refractivity (Wildman–Crippen MR) is 47.3 cm³/mol. The van der Waals surface area contributed by atoms with Gasteiger partial charge in [-0.1, -0.05) is 11.3 Å². The number of methoxy groups -OCH3 is 1. The van der Waals surface area contributed by atoms with E-state index < -0.39 is 6.10 Å². The molecule has 0 aliphatic rings. The summed E-state index contributed by atoms with van der Waals surface area (Å²) in [5, 5.41) is 11.8. The smallest absolute Gasteiger partial charge is 0.273 e. The Morgan fingerprint density at radius 3 is 3.08 bits per heavy atom. The lowest BCUT2D eigenvalue weighted by Crippen LogP contribution is -2.06. The number of rotatable bonds is 4. The maximum absolute atomic E-state index is 9.44. The molecule has 1 aromatic heterocycles. The van der Waals surface area contributed by atoms with Crippen LogP contribution in [0.2, 0.25) is 0 Å². The highest BCUT2D eigenvalue weighted by Gasteiger charge is 2.10. The normalized spacial score (nSPS) is 12.9. The number of hydrogen-bond acceptors (Lipinski definition) is 5. The van der Waals surface area contributed by atoms with E-state index in [9.17, 15) is 5.11 Å². The highest BCUT2D eigenvalue weighted by molar-refractivity contribution is 7.11. The third-order valence-corrected chi connectivity index (χ3v) is 2.28. The third-order valence-electron chi connectivity index (χ3n) is 1.46. The molecule has 0 aliphatic heterocycles. The van der Waals surface area contributed by atoms with E-state index in [0.29, 0.717) is 23.9 Å². The average Bonchev–Trinajstić information content (AvgIpc) is 2.52. The summed E-state index contributed by atoms with van der Waals surface area (Å²) in [5.74, 6) is 0. The van der Waals surface area contributed by atoms with Crippen molar-refractivity contribution in [3.63, 3.8) is 0 Å². The van der Waals surface area contributed by atoms with Crippen LogP contribution in [0.1, 0.15) is 18.2 Å². The molecule has 0 radical (unpaired) electrons. The highest BCUT2D eigenvalue weighted by atomic mass is 32.1. The van der Waals surface area contributed by atoms with E-state index >= 15 is 0 Å². The van der Waals surface area contributed by atoms with Gasteiger partial charge in [0.25, 0.3) is 5.19 Å². The molecule has 0 amide bonds. The molecular weight excluding hydrogens is 176 g/mol. The lowest BCUT2D eigenvalue weighted by molar-refractivity contribution is 0.165. The lowest BCUT2D eigenvalue weighted by Gasteiger charge is -2.03. The Balaban J connectivity index is 2.61. The Morgan fingerprint density at radius 2 is 2.58 bits per heavy atom. The van der Waals surface area contributed by atoms with Crippen molar-refractivity contribution in [2.45, 2.75) is 12.5 Å². The van der Waals surface area contributed by atoms with Crippen LogP contribution in [0.3, 0.4) is 0 Å². The molecule has 0 fully saturated rings. The molecule has 1 heterocycles. The number of aliphatic hydroxyl groups excluding tert-OH is 1. The fraction of sp³-hybridized carbons (Fsp3) is 0.571. The van der Waals surface area contributed by atoms with E-state index in [1.807, 2.05) is 0 Å². The van der Waals surface area contributed by atoms with Gasteiger partial charge in [-0.3, -0.25) is 0 Å². The van der Waals surface area contributed by atoms with Crippen molar-refractivity contribution in [3.05, 3.63) is 11.1 Å². The minimum Gasteiger partial charge on any atom is -0.473 e. The van der Waals surface area contributed by atoms with Gasteiger partial charge in [-0.15, -0.1) is 0 Å². The topological polar surface area (TPSA) is 68.4 Å². The largest absolute Gasteiger partial charge is 0.473 e. The van der Waals surface area contributed by atoms with Gasteiger partial charge in [0.15, 0.2) is 0 Å². The van der Waals surface area contributed by atoms with Crippen molar-refractivity contribution in [2.24, 2.45) is 5.73 Å². The van der Waals surface area contributed by atoms with E-state index in [1.54, 1.807) is 12.5 Å². The summed E-state index contributed by atoms with van der Waals surface area (Å²) in [6, 6.07) is 0. The second kappa shape index (κ2) is 4.39. The Kier molecular flexibility index (Phi) is 3.46. The van der Waals surface area contributed by atoms with Gasteiger partial charge in [0, 0.05) is 5.38 Å². The monoisotopic (exact) mass is 188 g/mol. The molecule has 0 bridgehead atoms. The van der Waals surface area contributed by atoms with Crippen LogP contribution in [0.15, 0.2) is 5.38 Å². The second-order valence-electron chi connectivity index (χ2n) is 2.34. The maximum atomic E-state index is 9.44. The second-order valence-corrected chi connectivity index (χ2v) is 3.16. The molecule has 0 spiro atoms. The van der Waals surface area contributed by atoms with Crippen molar-refractivity contribution >= 4 is 11.3 Å². The fourth-order valence-corrected chi connectivity index (χ4v) is 1.51. The van der Waals surface area contributed by atoms with Crippen LogP contribution in [-0.4, -0.2) is 23.7 Å². The maximum Gasteiger partial charge on any atom is 0.273 e. The zero-order valence-electron chi connectivity index (χ0n) is 6.86. The number of nitrogens with two attached hydrogens (primary N) is 1. The molecule has 1 aromatic rings. The average molecular weight is 188 g/mol. The highest BCUT2D eigenvalue weighted by Crippen LogP contribution is 2.23. The quantitative estimate of drug-likeness (QED) is 0.723. The van der Waals surface area contributed by atoms with Crippen LogP contribution >= 0.6 is 11.3 Å². The first-order valence-electron chi connectivity index (χ1n) is 3.65. The van der Waals surface area contributed by atoms with Crippen molar-refractivity contribution in [1.29, 1.82) is 0 Å². The number of hydrogen-bond donors (Lipinski definition) is 2. The third kappa shape index (κ3) is 2.17. The van der Waals surface area contributed by atoms with Gasteiger partial charge < -0.3 is 15.6 Å². The molecule has 0 saturated heterocycles. The standard InChI is InChI=1S/C7H12N2O2S/c1-11-7-9-5(4-12-7)6(10)2-3-8/h4,6,10H,2-3,8H2,1H3. The molecule has 1 atom stereocenters. The number of thiazole rings is 1. The summed E-state index contributed by atoms with van der Waals surface area (Å²) in [5.41, 5.74) is 5.93. The van der Waals surface area contributed by atoms with E-state index in [2.05, 4.69) is 4.98 Å². The molecule has 68 valence electrons. The van der Waals surface area contributed by atoms with Gasteiger partial charge in [0.05, 0.1) is 18.9 Å². The van der Waals surface area contributed by atoms with Gasteiger partial charge >= 0.3 is 0 Å². The van der Waals surface area contributed by atoms with E-state index in [1.165, 1.54) is 11.3 Å². The van der Waals surface area contributed by atoms with Gasteiger partial charge in [-0.25, -0.2) is 4.98 Å². The summed E-state index contributed by atoms with van der Waals surface area (Å²) in [4.78, 5) is 4.04. The summed E-state index contributed by atoms with van der Waals surface area (Å²) in [6.45, 7) is 0.459. The minimum absolute atomic E-state index is 0.459. The number of nitrogens with zero attached hydrogens (tertiary/aromatic N) is 1. The molecule has 12 heavy (non-hydrogen) atoms. The Hall–Kier alpha value is -0.650. The van der Waals surface area contributed by atoms with Crippen LogP contribution in [0.4, 0.5) is 0 Å². The van der Waals surface area contributed by atoms with Crippen molar-refractivity contribution in [3.8, 4) is 5.19 Å². The van der Waals surface area contributed by atoms with Crippen LogP contribution in [0, 0.1) is 0 Å². The molecule has 0 aromatic carbocycles. The first-order valence-corrected chi connectivity index (χ1v) is 4.53. The molecular formula is C7H12N2O2S. The van der Waals surface area contributed by atoms with E-state index in [4.69, 9.17) is 10.5 Å². The first-order chi connectivity index (χ1) is 5.77. The van der Waals surface area contributed by atoms with Crippen molar-refractivity contribution < 1.29 is 9.84 Å². The lowest BCUT2D eigenvalue weighted by atomic mass is 10.2. The molecule has 4 nitrogen and oxygen atoms in total. The molecule has 1 rings (SSSR count). The SMILES string of the molecule is COc1nc(C(O)CCN)cs1. The zero-order chi connectivity index (χ0) is 8.97. The van der Waals surface area contributed by atoms with Crippen molar-refractivity contribution in [1.82, 2.24) is 4.98 Å². The molecule has 5 heteroatoms. The van der Waals surface area contributed by atoms with Crippen LogP contribution in [0.25, 0.3) is 0 Å². The molecule has 0 aliphatic carbocycles. The van der Waals surface area contributed by atoms with Gasteiger partial charge in [0.1, 0.15) is 0 Å². The minimum atomic E-state index is -0.560. The van der Waals surface area contributed by atoms with Gasteiger partial charge in [-0.05, 0) is 13.0 Å². The number of aliphatic hydroxyl groups is 1. The van der Waals surface area contributed by atoms with E-state index in [-0.39, 0.29) is 0 Å². The van der Waals surface area contributed by atoms with E-state index in [0.717, 1.165) is 0 Å². The fourth-order valence-electron chi connectivity index (χ4n) is 0.821. The summed E-state index contributed by atoms with van der Waals surface area (Å²) in [7, 11) is 1.55. The van der Waals surface area contributed by atoms with Crippen molar-refractivity contribution in [2.75, 3.05) is 13.7 Å². The Morgan fingerprint density at radius 1 is 1.83 bits per heavy atom.